The van der Waals surface area contributed by atoms with E-state index in [1.807, 2.05) is 18.2 Å². The molecule has 118 valence electrons. The number of hydrogen-bond acceptors (Lipinski definition) is 3. The number of hydrogen-bond donors (Lipinski definition) is 2. The van der Waals surface area contributed by atoms with E-state index in [9.17, 15) is 9.50 Å². The summed E-state index contributed by atoms with van der Waals surface area (Å²) in [6.45, 7) is 2.22. The molecule has 0 bridgehead atoms. The highest BCUT2D eigenvalue weighted by Gasteiger charge is 2.31. The smallest absolute Gasteiger partial charge is 0.127 e. The van der Waals surface area contributed by atoms with E-state index in [4.69, 9.17) is 5.73 Å². The van der Waals surface area contributed by atoms with Crippen molar-refractivity contribution in [3.8, 4) is 5.75 Å². The lowest BCUT2D eigenvalue weighted by Crippen LogP contribution is -2.28. The van der Waals surface area contributed by atoms with Gasteiger partial charge in [-0.25, -0.2) is 4.39 Å². The second-order valence-corrected chi connectivity index (χ2v) is 5.69. The van der Waals surface area contributed by atoms with Gasteiger partial charge in [0, 0.05) is 37.7 Å². The van der Waals surface area contributed by atoms with Crippen molar-refractivity contribution >= 4 is 12.4 Å². The normalized spacial score (nSPS) is 21.5. The van der Waals surface area contributed by atoms with E-state index in [2.05, 4.69) is 17.0 Å². The zero-order chi connectivity index (χ0) is 14.8. The van der Waals surface area contributed by atoms with Crippen LogP contribution in [0, 0.1) is 5.82 Å². The molecule has 0 aliphatic carbocycles. The van der Waals surface area contributed by atoms with Crippen molar-refractivity contribution in [1.82, 2.24) is 4.90 Å². The van der Waals surface area contributed by atoms with Crippen LogP contribution < -0.4 is 5.73 Å². The standard InChI is InChI=1S/C17H19FN2O.ClH/c18-14-6-12(7-15(21)8-14)9-20-10-16(17(19)11-20)13-4-2-1-3-5-13;/h1-8,16-17,21H,9-11,19H2;1H/t16-,17+;/m0./s1. The van der Waals surface area contributed by atoms with Crippen LogP contribution in [-0.4, -0.2) is 29.1 Å². The molecule has 3 nitrogen and oxygen atoms in total. The first-order valence-electron chi connectivity index (χ1n) is 7.13. The number of benzene rings is 2. The van der Waals surface area contributed by atoms with Gasteiger partial charge in [-0.15, -0.1) is 12.4 Å². The second-order valence-electron chi connectivity index (χ2n) is 5.69. The van der Waals surface area contributed by atoms with Crippen LogP contribution in [0.25, 0.3) is 0 Å². The first-order chi connectivity index (χ1) is 10.1. The largest absolute Gasteiger partial charge is 0.508 e. The van der Waals surface area contributed by atoms with Gasteiger partial charge in [0.05, 0.1) is 0 Å². The van der Waals surface area contributed by atoms with Crippen LogP contribution >= 0.6 is 12.4 Å². The van der Waals surface area contributed by atoms with Gasteiger partial charge >= 0.3 is 0 Å². The molecule has 0 radical (unpaired) electrons. The molecule has 0 saturated carbocycles. The van der Waals surface area contributed by atoms with Crippen LogP contribution in [-0.2, 0) is 6.54 Å². The Balaban J connectivity index is 0.00000176. The first kappa shape index (κ1) is 16.7. The highest BCUT2D eigenvalue weighted by Crippen LogP contribution is 2.28. The Bertz CT molecular complexity index is 603. The molecule has 22 heavy (non-hydrogen) atoms. The minimum atomic E-state index is -0.409. The van der Waals surface area contributed by atoms with Crippen molar-refractivity contribution in [2.45, 2.75) is 18.5 Å². The summed E-state index contributed by atoms with van der Waals surface area (Å²) in [7, 11) is 0. The Morgan fingerprint density at radius 1 is 1.14 bits per heavy atom. The van der Waals surface area contributed by atoms with E-state index >= 15 is 0 Å². The van der Waals surface area contributed by atoms with Gasteiger partial charge in [-0.2, -0.15) is 0 Å². The lowest BCUT2D eigenvalue weighted by Gasteiger charge is -2.16. The number of nitrogens with two attached hydrogens (primary N) is 1. The fraction of sp³-hybridized carbons (Fsp3) is 0.294. The van der Waals surface area contributed by atoms with Gasteiger partial charge in [0.2, 0.25) is 0 Å². The quantitative estimate of drug-likeness (QED) is 0.913. The molecule has 2 aromatic carbocycles. The third-order valence-corrected chi connectivity index (χ3v) is 4.02. The highest BCUT2D eigenvalue weighted by atomic mass is 35.5. The lowest BCUT2D eigenvalue weighted by atomic mass is 9.95. The molecule has 0 spiro atoms. The molecule has 1 saturated heterocycles. The SMILES string of the molecule is Cl.N[C@@H]1CN(Cc2cc(O)cc(F)c2)C[C@H]1c1ccccc1. The summed E-state index contributed by atoms with van der Waals surface area (Å²) in [6.07, 6.45) is 0. The fourth-order valence-electron chi connectivity index (χ4n) is 3.08. The van der Waals surface area contributed by atoms with Crippen molar-refractivity contribution in [3.63, 3.8) is 0 Å². The zero-order valence-electron chi connectivity index (χ0n) is 12.2. The van der Waals surface area contributed by atoms with E-state index in [0.717, 1.165) is 24.7 Å². The monoisotopic (exact) mass is 322 g/mol. The molecule has 3 N–H and O–H groups in total. The highest BCUT2D eigenvalue weighted by molar-refractivity contribution is 5.85. The average molecular weight is 323 g/mol. The number of phenols is 1. The first-order valence-corrected chi connectivity index (χ1v) is 7.13. The van der Waals surface area contributed by atoms with Gasteiger partial charge < -0.3 is 10.8 Å². The molecule has 0 aromatic heterocycles. The van der Waals surface area contributed by atoms with Crippen molar-refractivity contribution in [3.05, 3.63) is 65.5 Å². The van der Waals surface area contributed by atoms with Crippen LogP contribution in [0.1, 0.15) is 17.0 Å². The van der Waals surface area contributed by atoms with E-state index in [1.165, 1.54) is 11.6 Å². The summed E-state index contributed by atoms with van der Waals surface area (Å²) in [6, 6.07) is 14.5. The Hall–Kier alpha value is -1.62. The fourth-order valence-corrected chi connectivity index (χ4v) is 3.08. The molecule has 3 rings (SSSR count). The molecule has 0 amide bonds. The molecule has 2 atom stereocenters. The van der Waals surface area contributed by atoms with E-state index in [0.29, 0.717) is 12.5 Å². The van der Waals surface area contributed by atoms with E-state index in [1.54, 1.807) is 6.07 Å². The van der Waals surface area contributed by atoms with Crippen LogP contribution in [0.4, 0.5) is 4.39 Å². The van der Waals surface area contributed by atoms with Crippen molar-refractivity contribution in [2.75, 3.05) is 13.1 Å². The number of rotatable bonds is 3. The maximum absolute atomic E-state index is 13.3. The maximum atomic E-state index is 13.3. The van der Waals surface area contributed by atoms with Gasteiger partial charge in [0.1, 0.15) is 11.6 Å². The van der Waals surface area contributed by atoms with Gasteiger partial charge in [-0.1, -0.05) is 30.3 Å². The molecule has 1 fully saturated rings. The van der Waals surface area contributed by atoms with Crippen LogP contribution in [0.2, 0.25) is 0 Å². The average Bonchev–Trinajstić information content (AvgIpc) is 2.79. The molecular weight excluding hydrogens is 303 g/mol. The predicted octanol–water partition coefficient (Wildman–Crippen LogP) is 2.88. The van der Waals surface area contributed by atoms with Gasteiger partial charge in [0.15, 0.2) is 0 Å². The number of aromatic hydroxyl groups is 1. The summed E-state index contributed by atoms with van der Waals surface area (Å²) >= 11 is 0. The summed E-state index contributed by atoms with van der Waals surface area (Å²) in [5.74, 6) is -0.144. The molecule has 1 aliphatic heterocycles. The van der Waals surface area contributed by atoms with Gasteiger partial charge in [-0.3, -0.25) is 4.90 Å². The van der Waals surface area contributed by atoms with Gasteiger partial charge in [-0.05, 0) is 23.3 Å². The van der Waals surface area contributed by atoms with Crippen molar-refractivity contribution in [2.24, 2.45) is 5.73 Å². The zero-order valence-corrected chi connectivity index (χ0v) is 13.0. The van der Waals surface area contributed by atoms with Crippen LogP contribution in [0.3, 0.4) is 0 Å². The number of likely N-dealkylation sites (tertiary alicyclic amines) is 1. The van der Waals surface area contributed by atoms with E-state index < -0.39 is 5.82 Å². The molecule has 0 unspecified atom stereocenters. The van der Waals surface area contributed by atoms with Crippen molar-refractivity contribution < 1.29 is 9.50 Å². The minimum absolute atomic E-state index is 0. The number of halogens is 2. The third-order valence-electron chi connectivity index (χ3n) is 4.02. The lowest BCUT2D eigenvalue weighted by molar-refractivity contribution is 0.322. The van der Waals surface area contributed by atoms with E-state index in [-0.39, 0.29) is 24.2 Å². The van der Waals surface area contributed by atoms with Crippen LogP contribution in [0.15, 0.2) is 48.5 Å². The molecule has 5 heteroatoms. The Kier molecular flexibility index (Phi) is 5.40. The number of nitrogens with zero attached hydrogens (tertiary/aromatic N) is 1. The summed E-state index contributed by atoms with van der Waals surface area (Å²) in [4.78, 5) is 2.20. The molecular formula is C17H20ClFN2O. The summed E-state index contributed by atoms with van der Waals surface area (Å²) < 4.78 is 13.3. The minimum Gasteiger partial charge on any atom is -0.508 e. The predicted molar refractivity (Wildman–Crippen MR) is 87.7 cm³/mol. The van der Waals surface area contributed by atoms with Crippen LogP contribution in [0.5, 0.6) is 5.75 Å². The Morgan fingerprint density at radius 3 is 2.55 bits per heavy atom. The summed E-state index contributed by atoms with van der Waals surface area (Å²) in [5.41, 5.74) is 8.27. The number of phenolic OH excluding ortho intramolecular Hbond substituents is 1. The molecule has 1 heterocycles. The maximum Gasteiger partial charge on any atom is 0.127 e. The third kappa shape index (κ3) is 3.77. The van der Waals surface area contributed by atoms with Crippen molar-refractivity contribution in [1.29, 1.82) is 0 Å². The molecule has 2 aromatic rings. The topological polar surface area (TPSA) is 49.5 Å². The summed E-state index contributed by atoms with van der Waals surface area (Å²) in [5, 5.41) is 9.47. The molecule has 1 aliphatic rings. The van der Waals surface area contributed by atoms with Gasteiger partial charge in [0.25, 0.3) is 0 Å². The Labute approximate surface area is 136 Å². The Morgan fingerprint density at radius 2 is 1.86 bits per heavy atom. The second kappa shape index (κ2) is 7.09.